The number of anilines is 1. The fraction of sp³-hybridized carbons (Fsp3) is 0.0667. The third-order valence-electron chi connectivity index (χ3n) is 2.98. The average Bonchev–Trinajstić information content (AvgIpc) is 2.96. The minimum absolute atomic E-state index is 0.126. The summed E-state index contributed by atoms with van der Waals surface area (Å²) in [5.41, 5.74) is 0.594. The number of ether oxygens (including phenoxy) is 2. The van der Waals surface area contributed by atoms with Crippen molar-refractivity contribution in [3.63, 3.8) is 0 Å². The summed E-state index contributed by atoms with van der Waals surface area (Å²) >= 11 is 0. The highest BCUT2D eigenvalue weighted by Crippen LogP contribution is 2.32. The summed E-state index contributed by atoms with van der Waals surface area (Å²) in [7, 11) is 0. The van der Waals surface area contributed by atoms with Crippen molar-refractivity contribution in [2.75, 3.05) is 12.1 Å². The fourth-order valence-corrected chi connectivity index (χ4v) is 1.93. The van der Waals surface area contributed by atoms with Crippen LogP contribution in [0.1, 0.15) is 15.9 Å². The van der Waals surface area contributed by atoms with Gasteiger partial charge in [0.05, 0.1) is 5.56 Å². The van der Waals surface area contributed by atoms with Crippen molar-refractivity contribution in [1.82, 2.24) is 0 Å². The molecule has 2 aromatic rings. The summed E-state index contributed by atoms with van der Waals surface area (Å²) in [4.78, 5) is 12.1. The number of hydrogen-bond acceptors (Lipinski definition) is 4. The Balaban J connectivity index is 1.82. The molecule has 0 saturated heterocycles. The number of nitriles is 1. The Hall–Kier alpha value is -3.07. The molecular formula is C15H9FN2O3. The number of amides is 1. The fourth-order valence-electron chi connectivity index (χ4n) is 1.93. The number of carbonyl (C=O) groups excluding carboxylic acids is 1. The Morgan fingerprint density at radius 3 is 2.81 bits per heavy atom. The Morgan fingerprint density at radius 1 is 1.19 bits per heavy atom. The van der Waals surface area contributed by atoms with Crippen LogP contribution in [0.5, 0.6) is 11.5 Å². The van der Waals surface area contributed by atoms with E-state index in [0.29, 0.717) is 22.7 Å². The van der Waals surface area contributed by atoms with Crippen LogP contribution in [0, 0.1) is 17.1 Å². The van der Waals surface area contributed by atoms with Crippen LogP contribution in [0.3, 0.4) is 0 Å². The molecule has 1 heterocycles. The van der Waals surface area contributed by atoms with Crippen molar-refractivity contribution in [3.05, 3.63) is 53.3 Å². The van der Waals surface area contributed by atoms with Gasteiger partial charge in [0.1, 0.15) is 11.9 Å². The van der Waals surface area contributed by atoms with Crippen LogP contribution in [0.15, 0.2) is 36.4 Å². The first-order valence-corrected chi connectivity index (χ1v) is 6.08. The van der Waals surface area contributed by atoms with Gasteiger partial charge >= 0.3 is 0 Å². The Bertz CT molecular complexity index is 768. The van der Waals surface area contributed by atoms with E-state index in [9.17, 15) is 9.18 Å². The number of carbonyl (C=O) groups is 1. The zero-order chi connectivity index (χ0) is 14.8. The molecule has 3 rings (SSSR count). The normalized spacial score (nSPS) is 11.8. The predicted octanol–water partition coefficient (Wildman–Crippen LogP) is 2.68. The molecule has 0 atom stereocenters. The number of nitrogens with zero attached hydrogens (tertiary/aromatic N) is 1. The second-order valence-electron chi connectivity index (χ2n) is 4.33. The molecule has 1 amide bonds. The van der Waals surface area contributed by atoms with E-state index in [1.807, 2.05) is 0 Å². The van der Waals surface area contributed by atoms with Gasteiger partial charge in [0.2, 0.25) is 6.79 Å². The van der Waals surface area contributed by atoms with Crippen LogP contribution in [0.4, 0.5) is 10.1 Å². The summed E-state index contributed by atoms with van der Waals surface area (Å²) in [5.74, 6) is 0.0712. The Kier molecular flexibility index (Phi) is 3.16. The van der Waals surface area contributed by atoms with Crippen LogP contribution in [-0.2, 0) is 0 Å². The van der Waals surface area contributed by atoms with E-state index in [1.165, 1.54) is 12.1 Å². The summed E-state index contributed by atoms with van der Waals surface area (Å²) in [6.07, 6.45) is 0. The van der Waals surface area contributed by atoms with E-state index in [4.69, 9.17) is 14.7 Å². The van der Waals surface area contributed by atoms with E-state index in [1.54, 1.807) is 24.3 Å². The molecule has 0 radical (unpaired) electrons. The Labute approximate surface area is 119 Å². The maximum absolute atomic E-state index is 13.2. The lowest BCUT2D eigenvalue weighted by Crippen LogP contribution is -2.12. The molecule has 21 heavy (non-hydrogen) atoms. The lowest BCUT2D eigenvalue weighted by molar-refractivity contribution is 0.102. The molecule has 0 unspecified atom stereocenters. The van der Waals surface area contributed by atoms with Gasteiger partial charge in [0.15, 0.2) is 11.5 Å². The van der Waals surface area contributed by atoms with Crippen molar-refractivity contribution >= 4 is 11.6 Å². The van der Waals surface area contributed by atoms with Crippen LogP contribution < -0.4 is 14.8 Å². The Morgan fingerprint density at radius 2 is 2.00 bits per heavy atom. The number of rotatable bonds is 2. The molecule has 1 aliphatic rings. The van der Waals surface area contributed by atoms with Gasteiger partial charge in [-0.3, -0.25) is 4.79 Å². The first kappa shape index (κ1) is 12.9. The van der Waals surface area contributed by atoms with E-state index in [2.05, 4.69) is 5.32 Å². The van der Waals surface area contributed by atoms with E-state index < -0.39 is 5.82 Å². The molecule has 0 bridgehead atoms. The van der Waals surface area contributed by atoms with E-state index in [0.717, 1.165) is 6.07 Å². The largest absolute Gasteiger partial charge is 0.454 e. The van der Waals surface area contributed by atoms with E-state index >= 15 is 0 Å². The van der Waals surface area contributed by atoms with Crippen molar-refractivity contribution in [1.29, 1.82) is 5.26 Å². The van der Waals surface area contributed by atoms with Crippen molar-refractivity contribution in [2.24, 2.45) is 0 Å². The molecule has 104 valence electrons. The number of hydrogen-bond donors (Lipinski definition) is 1. The third kappa shape index (κ3) is 2.49. The molecule has 0 fully saturated rings. The molecule has 1 N–H and O–H groups in total. The molecule has 5 nitrogen and oxygen atoms in total. The van der Waals surface area contributed by atoms with Gasteiger partial charge in [0, 0.05) is 11.3 Å². The van der Waals surface area contributed by atoms with Gasteiger partial charge in [-0.05, 0) is 36.4 Å². The number of halogens is 1. The lowest BCUT2D eigenvalue weighted by atomic mass is 10.1. The maximum atomic E-state index is 13.2. The topological polar surface area (TPSA) is 71.4 Å². The monoisotopic (exact) mass is 284 g/mol. The minimum atomic E-state index is -0.626. The van der Waals surface area contributed by atoms with Crippen LogP contribution in [0.25, 0.3) is 0 Å². The van der Waals surface area contributed by atoms with Gasteiger partial charge < -0.3 is 14.8 Å². The van der Waals surface area contributed by atoms with Crippen molar-refractivity contribution in [3.8, 4) is 17.6 Å². The minimum Gasteiger partial charge on any atom is -0.454 e. The van der Waals surface area contributed by atoms with Gasteiger partial charge in [-0.2, -0.15) is 5.26 Å². The molecule has 6 heteroatoms. The highest BCUT2D eigenvalue weighted by Gasteiger charge is 2.16. The molecule has 1 aliphatic heterocycles. The summed E-state index contributed by atoms with van der Waals surface area (Å²) in [6, 6.07) is 10.3. The maximum Gasteiger partial charge on any atom is 0.255 e. The van der Waals surface area contributed by atoms with Crippen LogP contribution in [0.2, 0.25) is 0 Å². The molecule has 0 saturated carbocycles. The number of benzene rings is 2. The number of nitrogens with one attached hydrogen (secondary N) is 1. The van der Waals surface area contributed by atoms with E-state index in [-0.39, 0.29) is 18.3 Å². The van der Waals surface area contributed by atoms with Crippen molar-refractivity contribution < 1.29 is 18.7 Å². The molecule has 0 aromatic heterocycles. The first-order valence-electron chi connectivity index (χ1n) is 6.08. The second kappa shape index (κ2) is 5.13. The van der Waals surface area contributed by atoms with Gasteiger partial charge in [0.25, 0.3) is 5.91 Å². The second-order valence-corrected chi connectivity index (χ2v) is 4.33. The van der Waals surface area contributed by atoms with Crippen LogP contribution in [-0.4, -0.2) is 12.7 Å². The quantitative estimate of drug-likeness (QED) is 0.920. The summed E-state index contributed by atoms with van der Waals surface area (Å²) < 4.78 is 23.6. The summed E-state index contributed by atoms with van der Waals surface area (Å²) in [5, 5.41) is 11.4. The first-order chi connectivity index (χ1) is 10.2. The SMILES string of the molecule is N#Cc1cc(NC(=O)c2ccc3c(c2)OCO3)ccc1F. The summed E-state index contributed by atoms with van der Waals surface area (Å²) in [6.45, 7) is 0.129. The van der Waals surface area contributed by atoms with Crippen molar-refractivity contribution in [2.45, 2.75) is 0 Å². The average molecular weight is 284 g/mol. The van der Waals surface area contributed by atoms with Gasteiger partial charge in [-0.15, -0.1) is 0 Å². The highest BCUT2D eigenvalue weighted by atomic mass is 19.1. The molecular weight excluding hydrogens is 275 g/mol. The standard InChI is InChI=1S/C15H9FN2O3/c16-12-3-2-11(5-10(12)7-17)18-15(19)9-1-4-13-14(6-9)21-8-20-13/h1-6H,8H2,(H,18,19). The van der Waals surface area contributed by atoms with Crippen LogP contribution >= 0.6 is 0 Å². The lowest BCUT2D eigenvalue weighted by Gasteiger charge is -2.06. The van der Waals surface area contributed by atoms with Gasteiger partial charge in [-0.1, -0.05) is 0 Å². The zero-order valence-electron chi connectivity index (χ0n) is 10.7. The zero-order valence-corrected chi connectivity index (χ0v) is 10.7. The number of fused-ring (bicyclic) bond motifs is 1. The highest BCUT2D eigenvalue weighted by molar-refractivity contribution is 6.04. The smallest absolute Gasteiger partial charge is 0.255 e. The third-order valence-corrected chi connectivity index (χ3v) is 2.98. The molecule has 0 aliphatic carbocycles. The molecule has 2 aromatic carbocycles. The predicted molar refractivity (Wildman–Crippen MR) is 71.6 cm³/mol. The van der Waals surface area contributed by atoms with Gasteiger partial charge in [-0.25, -0.2) is 4.39 Å². The molecule has 0 spiro atoms.